The van der Waals surface area contributed by atoms with Crippen LogP contribution >= 0.6 is 0 Å². The van der Waals surface area contributed by atoms with Gasteiger partial charge >= 0.3 is 6.03 Å². The Hall–Kier alpha value is -2.17. The molecule has 0 heterocycles. The van der Waals surface area contributed by atoms with E-state index in [-0.39, 0.29) is 6.03 Å². The van der Waals surface area contributed by atoms with Gasteiger partial charge in [0.1, 0.15) is 18.1 Å². The van der Waals surface area contributed by atoms with Gasteiger partial charge in [0, 0.05) is 13.6 Å². The Bertz CT molecular complexity index is 404. The van der Waals surface area contributed by atoms with Crippen LogP contribution in [0.15, 0.2) is 36.9 Å². The number of hydrogen-bond donors (Lipinski definition) is 1. The summed E-state index contributed by atoms with van der Waals surface area (Å²) in [5.41, 5.74) is 0. The third-order valence-electron chi connectivity index (χ3n) is 2.50. The van der Waals surface area contributed by atoms with Crippen LogP contribution in [-0.2, 0) is 0 Å². The minimum Gasteiger partial charge on any atom is -0.497 e. The zero-order valence-corrected chi connectivity index (χ0v) is 11.4. The fourth-order valence-corrected chi connectivity index (χ4v) is 1.37. The summed E-state index contributed by atoms with van der Waals surface area (Å²) in [6.07, 6.45) is 1.64. The van der Waals surface area contributed by atoms with E-state index in [1.807, 2.05) is 24.3 Å². The van der Waals surface area contributed by atoms with E-state index in [4.69, 9.17) is 9.47 Å². The van der Waals surface area contributed by atoms with Gasteiger partial charge in [0.05, 0.1) is 13.7 Å². The number of rotatable bonds is 7. The molecule has 0 radical (unpaired) electrons. The molecule has 0 bridgehead atoms. The van der Waals surface area contributed by atoms with Crippen LogP contribution in [0.2, 0.25) is 0 Å². The highest BCUT2D eigenvalue weighted by atomic mass is 16.5. The standard InChI is InChI=1S/C14H20N2O3/c1-4-9-15-14(17)16(2)10-11-19-13-7-5-12(18-3)6-8-13/h4-8H,1,9-11H2,2-3H3,(H,15,17). The van der Waals surface area contributed by atoms with E-state index in [0.29, 0.717) is 19.7 Å². The molecule has 19 heavy (non-hydrogen) atoms. The summed E-state index contributed by atoms with van der Waals surface area (Å²) >= 11 is 0. The minimum absolute atomic E-state index is 0.141. The smallest absolute Gasteiger partial charge is 0.317 e. The molecule has 0 unspecified atom stereocenters. The number of benzene rings is 1. The number of urea groups is 1. The van der Waals surface area contributed by atoms with E-state index in [2.05, 4.69) is 11.9 Å². The van der Waals surface area contributed by atoms with Gasteiger partial charge in [-0.05, 0) is 24.3 Å². The second-order valence-electron chi connectivity index (χ2n) is 3.92. The maximum atomic E-state index is 11.5. The number of amides is 2. The van der Waals surface area contributed by atoms with Crippen molar-refractivity contribution in [2.45, 2.75) is 0 Å². The first kappa shape index (κ1) is 14.9. The molecular formula is C14H20N2O3. The van der Waals surface area contributed by atoms with Crippen molar-refractivity contribution < 1.29 is 14.3 Å². The van der Waals surface area contributed by atoms with Crippen LogP contribution in [0.1, 0.15) is 0 Å². The summed E-state index contributed by atoms with van der Waals surface area (Å²) in [7, 11) is 3.34. The Morgan fingerprint density at radius 2 is 2.00 bits per heavy atom. The highest BCUT2D eigenvalue weighted by Crippen LogP contribution is 2.16. The molecule has 0 saturated carbocycles. The van der Waals surface area contributed by atoms with Gasteiger partial charge in [0.25, 0.3) is 0 Å². The lowest BCUT2D eigenvalue weighted by molar-refractivity contribution is 0.196. The van der Waals surface area contributed by atoms with Gasteiger partial charge in [-0.2, -0.15) is 0 Å². The zero-order valence-electron chi connectivity index (χ0n) is 11.4. The summed E-state index contributed by atoms with van der Waals surface area (Å²) < 4.78 is 10.6. The predicted octanol–water partition coefficient (Wildman–Crippen LogP) is 1.90. The molecule has 0 aliphatic carbocycles. The van der Waals surface area contributed by atoms with Crippen molar-refractivity contribution in [1.29, 1.82) is 0 Å². The fourth-order valence-electron chi connectivity index (χ4n) is 1.37. The van der Waals surface area contributed by atoms with Crippen molar-refractivity contribution in [3.8, 4) is 11.5 Å². The largest absolute Gasteiger partial charge is 0.497 e. The molecule has 0 fully saturated rings. The molecule has 1 aromatic rings. The third-order valence-corrected chi connectivity index (χ3v) is 2.50. The van der Waals surface area contributed by atoms with Gasteiger partial charge in [-0.3, -0.25) is 0 Å². The number of hydrogen-bond acceptors (Lipinski definition) is 3. The molecule has 5 heteroatoms. The molecule has 0 saturated heterocycles. The molecule has 0 spiro atoms. The molecular weight excluding hydrogens is 244 g/mol. The second-order valence-corrected chi connectivity index (χ2v) is 3.92. The highest BCUT2D eigenvalue weighted by molar-refractivity contribution is 5.73. The molecule has 0 aliphatic rings. The Labute approximate surface area is 113 Å². The van der Waals surface area contributed by atoms with Crippen LogP contribution in [0.5, 0.6) is 11.5 Å². The molecule has 0 atom stereocenters. The van der Waals surface area contributed by atoms with Crippen LogP contribution in [0.25, 0.3) is 0 Å². The van der Waals surface area contributed by atoms with Crippen LogP contribution in [0.3, 0.4) is 0 Å². The van der Waals surface area contributed by atoms with E-state index in [1.54, 1.807) is 25.1 Å². The first-order chi connectivity index (χ1) is 9.17. The molecule has 0 aliphatic heterocycles. The van der Waals surface area contributed by atoms with Crippen LogP contribution in [-0.4, -0.2) is 44.8 Å². The minimum atomic E-state index is -0.141. The van der Waals surface area contributed by atoms with E-state index >= 15 is 0 Å². The molecule has 1 rings (SSSR count). The number of likely N-dealkylation sites (N-methyl/N-ethyl adjacent to an activating group) is 1. The van der Waals surface area contributed by atoms with E-state index < -0.39 is 0 Å². The number of nitrogens with zero attached hydrogens (tertiary/aromatic N) is 1. The van der Waals surface area contributed by atoms with Crippen molar-refractivity contribution in [3.63, 3.8) is 0 Å². The van der Waals surface area contributed by atoms with Crippen molar-refractivity contribution in [1.82, 2.24) is 10.2 Å². The SMILES string of the molecule is C=CCNC(=O)N(C)CCOc1ccc(OC)cc1. The maximum absolute atomic E-state index is 11.5. The topological polar surface area (TPSA) is 50.8 Å². The van der Waals surface area contributed by atoms with E-state index in [9.17, 15) is 4.79 Å². The van der Waals surface area contributed by atoms with Gasteiger partial charge in [-0.1, -0.05) is 6.08 Å². The van der Waals surface area contributed by atoms with Gasteiger partial charge in [0.2, 0.25) is 0 Å². The summed E-state index contributed by atoms with van der Waals surface area (Å²) in [6.45, 7) is 4.94. The predicted molar refractivity (Wildman–Crippen MR) is 74.7 cm³/mol. The molecule has 1 aromatic carbocycles. The summed E-state index contributed by atoms with van der Waals surface area (Å²) in [5.74, 6) is 1.54. The molecule has 2 amide bonds. The molecule has 0 aromatic heterocycles. The Balaban J connectivity index is 2.28. The van der Waals surface area contributed by atoms with Crippen molar-refractivity contribution in [2.75, 3.05) is 33.9 Å². The lowest BCUT2D eigenvalue weighted by atomic mass is 10.3. The monoisotopic (exact) mass is 264 g/mol. The van der Waals surface area contributed by atoms with Crippen molar-refractivity contribution in [2.24, 2.45) is 0 Å². The van der Waals surface area contributed by atoms with Crippen LogP contribution < -0.4 is 14.8 Å². The summed E-state index contributed by atoms with van der Waals surface area (Å²) in [5, 5.41) is 2.69. The Morgan fingerprint density at radius 1 is 1.37 bits per heavy atom. The maximum Gasteiger partial charge on any atom is 0.317 e. The highest BCUT2D eigenvalue weighted by Gasteiger charge is 2.06. The first-order valence-corrected chi connectivity index (χ1v) is 6.04. The molecule has 1 N–H and O–H groups in total. The number of nitrogens with one attached hydrogen (secondary N) is 1. The third kappa shape index (κ3) is 5.33. The molecule has 5 nitrogen and oxygen atoms in total. The average molecular weight is 264 g/mol. The number of carbonyl (C=O) groups is 1. The Morgan fingerprint density at radius 3 is 2.58 bits per heavy atom. The van der Waals surface area contributed by atoms with E-state index in [0.717, 1.165) is 11.5 Å². The van der Waals surface area contributed by atoms with E-state index in [1.165, 1.54) is 0 Å². The normalized spacial score (nSPS) is 9.58. The number of ether oxygens (including phenoxy) is 2. The lowest BCUT2D eigenvalue weighted by Crippen LogP contribution is -2.39. The van der Waals surface area contributed by atoms with Crippen molar-refractivity contribution >= 4 is 6.03 Å². The zero-order chi connectivity index (χ0) is 14.1. The quantitative estimate of drug-likeness (QED) is 0.765. The Kier molecular flexibility index (Phi) is 6.29. The lowest BCUT2D eigenvalue weighted by Gasteiger charge is -2.17. The number of carbonyl (C=O) groups excluding carboxylic acids is 1. The molecule has 104 valence electrons. The number of methoxy groups -OCH3 is 1. The van der Waals surface area contributed by atoms with Gasteiger partial charge < -0.3 is 19.7 Å². The average Bonchev–Trinajstić information content (AvgIpc) is 2.45. The van der Waals surface area contributed by atoms with Crippen LogP contribution in [0.4, 0.5) is 4.79 Å². The summed E-state index contributed by atoms with van der Waals surface area (Å²) in [6, 6.07) is 7.18. The van der Waals surface area contributed by atoms with Crippen molar-refractivity contribution in [3.05, 3.63) is 36.9 Å². The second kappa shape index (κ2) is 8.02. The van der Waals surface area contributed by atoms with Gasteiger partial charge in [-0.15, -0.1) is 6.58 Å². The van der Waals surface area contributed by atoms with Gasteiger partial charge in [0.15, 0.2) is 0 Å². The van der Waals surface area contributed by atoms with Crippen LogP contribution in [0, 0.1) is 0 Å². The fraction of sp³-hybridized carbons (Fsp3) is 0.357. The summed E-state index contributed by atoms with van der Waals surface area (Å²) in [4.78, 5) is 13.1. The first-order valence-electron chi connectivity index (χ1n) is 6.04. The van der Waals surface area contributed by atoms with Gasteiger partial charge in [-0.25, -0.2) is 4.79 Å².